The van der Waals surface area contributed by atoms with Crippen LogP contribution in [0.5, 0.6) is 5.75 Å². The molecule has 0 spiro atoms. The second-order valence-electron chi connectivity index (χ2n) is 7.81. The second-order valence-corrected chi connectivity index (χ2v) is 7.81. The van der Waals surface area contributed by atoms with E-state index in [0.717, 1.165) is 41.3 Å². The van der Waals surface area contributed by atoms with Gasteiger partial charge in [-0.15, -0.1) is 0 Å². The first-order chi connectivity index (χ1) is 16.1. The van der Waals surface area contributed by atoms with E-state index in [1.807, 2.05) is 43.3 Å². The Morgan fingerprint density at radius 1 is 1.12 bits per heavy atom. The zero-order valence-electron chi connectivity index (χ0n) is 18.7. The number of nitrogens with one attached hydrogen (secondary N) is 1. The fourth-order valence-electron chi connectivity index (χ4n) is 3.80. The third-order valence-electron chi connectivity index (χ3n) is 5.44. The van der Waals surface area contributed by atoms with E-state index in [-0.39, 0.29) is 24.7 Å². The summed E-state index contributed by atoms with van der Waals surface area (Å²) in [6.07, 6.45) is 0.149. The smallest absolute Gasteiger partial charge is 0.226 e. The minimum Gasteiger partial charge on any atom is -0.494 e. The number of nitrogens with zero attached hydrogens (tertiary/aromatic N) is 2. The van der Waals surface area contributed by atoms with Crippen LogP contribution in [0.15, 0.2) is 60.7 Å². The molecule has 3 aromatic rings. The number of anilines is 1. The highest BCUT2D eigenvalue weighted by Gasteiger charge is 2.19. The van der Waals surface area contributed by atoms with Crippen LogP contribution in [0.4, 0.5) is 10.2 Å². The van der Waals surface area contributed by atoms with Crippen LogP contribution in [-0.4, -0.2) is 43.8 Å². The van der Waals surface area contributed by atoms with Gasteiger partial charge in [0.15, 0.2) is 0 Å². The first-order valence-electron chi connectivity index (χ1n) is 11.2. The number of halogens is 1. The van der Waals surface area contributed by atoms with Crippen molar-refractivity contribution in [1.82, 2.24) is 10.3 Å². The molecule has 2 aromatic carbocycles. The van der Waals surface area contributed by atoms with Crippen molar-refractivity contribution in [3.63, 3.8) is 0 Å². The summed E-state index contributed by atoms with van der Waals surface area (Å²) in [7, 11) is 0. The summed E-state index contributed by atoms with van der Waals surface area (Å²) < 4.78 is 24.4. The number of rotatable bonds is 8. The number of pyridine rings is 1. The summed E-state index contributed by atoms with van der Waals surface area (Å²) in [5, 5.41) is 2.85. The molecule has 0 radical (unpaired) electrons. The molecule has 1 aliphatic heterocycles. The fourth-order valence-corrected chi connectivity index (χ4v) is 3.80. The first-order valence-corrected chi connectivity index (χ1v) is 11.2. The van der Waals surface area contributed by atoms with E-state index >= 15 is 0 Å². The Morgan fingerprint density at radius 3 is 2.64 bits per heavy atom. The molecule has 0 aliphatic carbocycles. The Morgan fingerprint density at radius 2 is 1.91 bits per heavy atom. The van der Waals surface area contributed by atoms with E-state index in [9.17, 15) is 9.18 Å². The molecule has 0 unspecified atom stereocenters. The average Bonchev–Trinajstić information content (AvgIpc) is 2.84. The number of ether oxygens (including phenoxy) is 2. The molecular formula is C26H28FN3O3. The normalized spacial score (nSPS) is 13.6. The van der Waals surface area contributed by atoms with Gasteiger partial charge in [-0.1, -0.05) is 24.3 Å². The fraction of sp³-hybridized carbons (Fsp3) is 0.308. The molecular weight excluding hydrogens is 421 g/mol. The van der Waals surface area contributed by atoms with Gasteiger partial charge in [0, 0.05) is 25.2 Å². The van der Waals surface area contributed by atoms with Crippen LogP contribution in [-0.2, 0) is 22.5 Å². The lowest BCUT2D eigenvalue weighted by Gasteiger charge is -2.30. The van der Waals surface area contributed by atoms with E-state index < -0.39 is 0 Å². The van der Waals surface area contributed by atoms with Gasteiger partial charge in [-0.2, -0.15) is 0 Å². The maximum absolute atomic E-state index is 13.4. The Balaban J connectivity index is 1.52. The van der Waals surface area contributed by atoms with Crippen molar-refractivity contribution in [2.45, 2.75) is 19.9 Å². The number of aromatic nitrogens is 1. The Labute approximate surface area is 193 Å². The lowest BCUT2D eigenvalue weighted by Crippen LogP contribution is -2.37. The molecule has 0 bridgehead atoms. The quantitative estimate of drug-likeness (QED) is 0.564. The number of hydrogen-bond donors (Lipinski definition) is 1. The number of carbonyl (C=O) groups excluding carboxylic acids is 1. The van der Waals surface area contributed by atoms with Crippen molar-refractivity contribution in [1.29, 1.82) is 0 Å². The molecule has 4 rings (SSSR count). The van der Waals surface area contributed by atoms with Crippen LogP contribution < -0.4 is 15.0 Å². The van der Waals surface area contributed by atoms with E-state index in [2.05, 4.69) is 10.2 Å². The van der Waals surface area contributed by atoms with Crippen molar-refractivity contribution in [2.75, 3.05) is 37.8 Å². The summed E-state index contributed by atoms with van der Waals surface area (Å²) in [5.41, 5.74) is 3.44. The highest BCUT2D eigenvalue weighted by molar-refractivity contribution is 5.80. The maximum atomic E-state index is 13.4. The number of carbonyl (C=O) groups is 1. The van der Waals surface area contributed by atoms with Crippen molar-refractivity contribution in [3.05, 3.63) is 77.7 Å². The number of hydrogen-bond acceptors (Lipinski definition) is 5. The summed E-state index contributed by atoms with van der Waals surface area (Å²) >= 11 is 0. The van der Waals surface area contributed by atoms with Gasteiger partial charge >= 0.3 is 0 Å². The van der Waals surface area contributed by atoms with Gasteiger partial charge in [0.05, 0.1) is 31.9 Å². The molecule has 1 aliphatic rings. The first kappa shape index (κ1) is 22.7. The average molecular weight is 450 g/mol. The van der Waals surface area contributed by atoms with Gasteiger partial charge in [0.25, 0.3) is 0 Å². The van der Waals surface area contributed by atoms with Crippen LogP contribution in [0, 0.1) is 5.82 Å². The SMILES string of the molecule is CCOc1ccc(-c2ccc(CC(=O)NCc3cccc(F)c3)nc2N2CCOCC2)cc1. The minimum atomic E-state index is -0.316. The van der Waals surface area contributed by atoms with Gasteiger partial charge in [-0.05, 0) is 54.4 Å². The van der Waals surface area contributed by atoms with Crippen molar-refractivity contribution in [2.24, 2.45) is 0 Å². The molecule has 0 atom stereocenters. The molecule has 1 amide bonds. The highest BCUT2D eigenvalue weighted by Crippen LogP contribution is 2.31. The topological polar surface area (TPSA) is 63.7 Å². The molecule has 1 fully saturated rings. The predicted octanol–water partition coefficient (Wildman–Crippen LogP) is 3.98. The van der Waals surface area contributed by atoms with Crippen LogP contribution in [0.2, 0.25) is 0 Å². The largest absolute Gasteiger partial charge is 0.494 e. The van der Waals surface area contributed by atoms with Crippen molar-refractivity contribution < 1.29 is 18.7 Å². The lowest BCUT2D eigenvalue weighted by molar-refractivity contribution is -0.120. The molecule has 0 saturated carbocycles. The summed E-state index contributed by atoms with van der Waals surface area (Å²) in [4.78, 5) is 19.6. The Kier molecular flexibility index (Phi) is 7.52. The van der Waals surface area contributed by atoms with Gasteiger partial charge in [-0.3, -0.25) is 4.79 Å². The van der Waals surface area contributed by atoms with Gasteiger partial charge < -0.3 is 19.7 Å². The van der Waals surface area contributed by atoms with Crippen LogP contribution in [0.25, 0.3) is 11.1 Å². The van der Waals surface area contributed by atoms with E-state index in [1.54, 1.807) is 12.1 Å². The number of benzene rings is 2. The molecule has 7 heteroatoms. The highest BCUT2D eigenvalue weighted by atomic mass is 19.1. The molecule has 1 aromatic heterocycles. The van der Waals surface area contributed by atoms with Gasteiger partial charge in [0.1, 0.15) is 17.4 Å². The maximum Gasteiger partial charge on any atom is 0.226 e. The van der Waals surface area contributed by atoms with E-state index in [0.29, 0.717) is 25.5 Å². The van der Waals surface area contributed by atoms with Gasteiger partial charge in [0.2, 0.25) is 5.91 Å². The minimum absolute atomic E-state index is 0.149. The Hall–Kier alpha value is -3.45. The molecule has 6 nitrogen and oxygen atoms in total. The number of amides is 1. The van der Waals surface area contributed by atoms with Crippen LogP contribution in [0.1, 0.15) is 18.2 Å². The molecule has 1 saturated heterocycles. The summed E-state index contributed by atoms with van der Waals surface area (Å²) in [6.45, 7) is 5.62. The van der Waals surface area contributed by atoms with Gasteiger partial charge in [-0.25, -0.2) is 9.37 Å². The molecule has 2 heterocycles. The third-order valence-corrected chi connectivity index (χ3v) is 5.44. The van der Waals surface area contributed by atoms with E-state index in [1.165, 1.54) is 12.1 Å². The van der Waals surface area contributed by atoms with Crippen molar-refractivity contribution >= 4 is 11.7 Å². The third kappa shape index (κ3) is 6.08. The molecule has 1 N–H and O–H groups in total. The summed E-state index contributed by atoms with van der Waals surface area (Å²) in [6, 6.07) is 18.1. The number of morpholine rings is 1. The van der Waals surface area contributed by atoms with Crippen LogP contribution in [0.3, 0.4) is 0 Å². The van der Waals surface area contributed by atoms with E-state index in [4.69, 9.17) is 14.5 Å². The predicted molar refractivity (Wildman–Crippen MR) is 126 cm³/mol. The molecule has 33 heavy (non-hydrogen) atoms. The summed E-state index contributed by atoms with van der Waals surface area (Å²) in [5.74, 6) is 1.20. The van der Waals surface area contributed by atoms with Crippen LogP contribution >= 0.6 is 0 Å². The molecule has 172 valence electrons. The Bertz CT molecular complexity index is 1080. The monoisotopic (exact) mass is 449 g/mol. The lowest BCUT2D eigenvalue weighted by atomic mass is 10.0. The second kappa shape index (κ2) is 10.9. The zero-order valence-corrected chi connectivity index (χ0v) is 18.7. The zero-order chi connectivity index (χ0) is 23.0. The van der Waals surface area contributed by atoms with Crippen molar-refractivity contribution in [3.8, 4) is 16.9 Å². The standard InChI is InChI=1S/C26H28FN3O3/c1-2-33-23-9-6-20(7-10-23)24-11-8-22(29-26(24)30-12-14-32-15-13-30)17-25(31)28-18-19-4-3-5-21(27)16-19/h3-11,16H,2,12-15,17-18H2,1H3,(H,28,31).